The topological polar surface area (TPSA) is 70.2 Å². The molecule has 1 heterocycles. The molecule has 0 saturated heterocycles. The first-order valence-corrected chi connectivity index (χ1v) is 7.36. The Hall–Kier alpha value is -1.72. The van der Waals surface area contributed by atoms with Gasteiger partial charge in [0.05, 0.1) is 0 Å². The monoisotopic (exact) mass is 309 g/mol. The SMILES string of the molecule is CSc1c(C(=O)c2ccc(Cl)cc2)[nH]c(C(=O)O)c1C. The average molecular weight is 310 g/mol. The third-order valence-electron chi connectivity index (χ3n) is 2.94. The predicted molar refractivity (Wildman–Crippen MR) is 79.2 cm³/mol. The van der Waals surface area contributed by atoms with Gasteiger partial charge in [0.15, 0.2) is 0 Å². The van der Waals surface area contributed by atoms with Crippen LogP contribution in [0.4, 0.5) is 0 Å². The molecule has 1 aromatic carbocycles. The predicted octanol–water partition coefficient (Wildman–Crippen LogP) is 3.63. The second kappa shape index (κ2) is 5.73. The molecular formula is C14H12ClNO3S. The number of ketones is 1. The summed E-state index contributed by atoms with van der Waals surface area (Å²) in [6.07, 6.45) is 1.81. The van der Waals surface area contributed by atoms with Crippen LogP contribution < -0.4 is 0 Å². The number of hydrogen-bond acceptors (Lipinski definition) is 3. The van der Waals surface area contributed by atoms with Crippen molar-refractivity contribution in [2.75, 3.05) is 6.26 Å². The van der Waals surface area contributed by atoms with Gasteiger partial charge in [-0.05, 0) is 43.0 Å². The number of aromatic carboxylic acids is 1. The van der Waals surface area contributed by atoms with Crippen molar-refractivity contribution in [2.45, 2.75) is 11.8 Å². The van der Waals surface area contributed by atoms with Gasteiger partial charge in [-0.3, -0.25) is 4.79 Å². The molecular weight excluding hydrogens is 298 g/mol. The van der Waals surface area contributed by atoms with Gasteiger partial charge in [0, 0.05) is 15.5 Å². The van der Waals surface area contributed by atoms with Crippen LogP contribution in [0.15, 0.2) is 29.2 Å². The Balaban J connectivity index is 2.51. The van der Waals surface area contributed by atoms with E-state index in [0.29, 0.717) is 26.7 Å². The Morgan fingerprint density at radius 1 is 1.20 bits per heavy atom. The minimum Gasteiger partial charge on any atom is -0.477 e. The lowest BCUT2D eigenvalue weighted by atomic mass is 10.1. The highest BCUT2D eigenvalue weighted by molar-refractivity contribution is 7.98. The second-order valence-electron chi connectivity index (χ2n) is 4.17. The van der Waals surface area contributed by atoms with Crippen molar-refractivity contribution in [1.29, 1.82) is 0 Å². The van der Waals surface area contributed by atoms with E-state index >= 15 is 0 Å². The van der Waals surface area contributed by atoms with Crippen LogP contribution in [-0.4, -0.2) is 28.1 Å². The van der Waals surface area contributed by atoms with Crippen molar-refractivity contribution in [3.8, 4) is 0 Å². The normalized spacial score (nSPS) is 10.6. The van der Waals surface area contributed by atoms with Crippen LogP contribution in [0.3, 0.4) is 0 Å². The molecule has 4 nitrogen and oxygen atoms in total. The summed E-state index contributed by atoms with van der Waals surface area (Å²) in [5.74, 6) is -1.32. The lowest BCUT2D eigenvalue weighted by molar-refractivity contribution is 0.0690. The molecule has 1 aromatic heterocycles. The minimum atomic E-state index is -1.08. The molecule has 0 aliphatic carbocycles. The lowest BCUT2D eigenvalue weighted by Gasteiger charge is -2.02. The number of carboxylic acid groups (broad SMARTS) is 1. The molecule has 2 aromatic rings. The summed E-state index contributed by atoms with van der Waals surface area (Å²) in [5.41, 5.74) is 1.38. The third-order valence-corrected chi connectivity index (χ3v) is 4.11. The molecule has 6 heteroatoms. The van der Waals surface area contributed by atoms with Crippen molar-refractivity contribution in [3.05, 3.63) is 51.8 Å². The number of H-pyrrole nitrogens is 1. The first kappa shape index (κ1) is 14.7. The Morgan fingerprint density at radius 2 is 1.80 bits per heavy atom. The van der Waals surface area contributed by atoms with Crippen LogP contribution in [0.25, 0.3) is 0 Å². The van der Waals surface area contributed by atoms with Crippen molar-refractivity contribution >= 4 is 35.1 Å². The van der Waals surface area contributed by atoms with E-state index in [1.54, 1.807) is 37.4 Å². The van der Waals surface area contributed by atoms with E-state index in [2.05, 4.69) is 4.98 Å². The van der Waals surface area contributed by atoms with E-state index in [-0.39, 0.29) is 11.5 Å². The Morgan fingerprint density at radius 3 is 2.30 bits per heavy atom. The summed E-state index contributed by atoms with van der Waals surface area (Å²) >= 11 is 7.14. The number of aromatic nitrogens is 1. The molecule has 0 amide bonds. The molecule has 2 rings (SSSR count). The van der Waals surface area contributed by atoms with E-state index < -0.39 is 5.97 Å². The quantitative estimate of drug-likeness (QED) is 0.668. The molecule has 2 N–H and O–H groups in total. The lowest BCUT2D eigenvalue weighted by Crippen LogP contribution is -2.04. The summed E-state index contributed by atoms with van der Waals surface area (Å²) < 4.78 is 0. The smallest absolute Gasteiger partial charge is 0.352 e. The third kappa shape index (κ3) is 2.59. The molecule has 0 fully saturated rings. The van der Waals surface area contributed by atoms with Gasteiger partial charge in [-0.25, -0.2) is 4.79 Å². The maximum Gasteiger partial charge on any atom is 0.352 e. The number of carboxylic acids is 1. The number of benzene rings is 1. The minimum absolute atomic E-state index is 0.0478. The summed E-state index contributed by atoms with van der Waals surface area (Å²) in [7, 11) is 0. The molecule has 0 spiro atoms. The fourth-order valence-corrected chi connectivity index (χ4v) is 2.83. The van der Waals surface area contributed by atoms with E-state index in [1.807, 2.05) is 0 Å². The summed E-state index contributed by atoms with van der Waals surface area (Å²) in [6, 6.07) is 6.49. The van der Waals surface area contributed by atoms with E-state index in [4.69, 9.17) is 16.7 Å². The van der Waals surface area contributed by atoms with Crippen molar-refractivity contribution < 1.29 is 14.7 Å². The Bertz CT molecular complexity index is 676. The molecule has 0 radical (unpaired) electrons. The first-order valence-electron chi connectivity index (χ1n) is 5.75. The standard InChI is InChI=1S/C14H12ClNO3S/c1-7-10(14(18)19)16-11(13(7)20-2)12(17)8-3-5-9(15)6-4-8/h3-6,16H,1-2H3,(H,18,19). The fourth-order valence-electron chi connectivity index (χ4n) is 1.95. The molecule has 104 valence electrons. The van der Waals surface area contributed by atoms with Crippen molar-refractivity contribution in [3.63, 3.8) is 0 Å². The van der Waals surface area contributed by atoms with E-state index in [1.165, 1.54) is 11.8 Å². The number of carbonyl (C=O) groups is 2. The van der Waals surface area contributed by atoms with Gasteiger partial charge in [0.2, 0.25) is 5.78 Å². The molecule has 0 atom stereocenters. The van der Waals surface area contributed by atoms with E-state index in [0.717, 1.165) is 0 Å². The molecule has 0 aliphatic rings. The highest BCUT2D eigenvalue weighted by atomic mass is 35.5. The number of halogens is 1. The maximum atomic E-state index is 12.4. The van der Waals surface area contributed by atoms with Gasteiger partial charge >= 0.3 is 5.97 Å². The highest BCUT2D eigenvalue weighted by Crippen LogP contribution is 2.29. The molecule has 20 heavy (non-hydrogen) atoms. The largest absolute Gasteiger partial charge is 0.477 e. The fraction of sp³-hybridized carbons (Fsp3) is 0.143. The van der Waals surface area contributed by atoms with Crippen molar-refractivity contribution in [1.82, 2.24) is 4.98 Å². The molecule has 0 unspecified atom stereocenters. The number of rotatable bonds is 4. The zero-order chi connectivity index (χ0) is 14.9. The zero-order valence-electron chi connectivity index (χ0n) is 10.9. The average Bonchev–Trinajstić information content (AvgIpc) is 2.75. The summed E-state index contributed by atoms with van der Waals surface area (Å²) in [6.45, 7) is 1.68. The van der Waals surface area contributed by atoms with Crippen LogP contribution in [0.2, 0.25) is 5.02 Å². The van der Waals surface area contributed by atoms with Gasteiger partial charge in [0.25, 0.3) is 0 Å². The van der Waals surface area contributed by atoms with Crippen LogP contribution >= 0.6 is 23.4 Å². The molecule has 0 bridgehead atoms. The Labute approximate surface area is 125 Å². The second-order valence-corrected chi connectivity index (χ2v) is 5.43. The highest BCUT2D eigenvalue weighted by Gasteiger charge is 2.23. The number of carbonyl (C=O) groups excluding carboxylic acids is 1. The van der Waals surface area contributed by atoms with Crippen LogP contribution in [0.1, 0.15) is 32.1 Å². The van der Waals surface area contributed by atoms with Gasteiger partial charge in [-0.2, -0.15) is 0 Å². The molecule has 0 aliphatic heterocycles. The van der Waals surface area contributed by atoms with Crippen molar-refractivity contribution in [2.24, 2.45) is 0 Å². The van der Waals surface area contributed by atoms with Gasteiger partial charge < -0.3 is 10.1 Å². The van der Waals surface area contributed by atoms with Crippen LogP contribution in [0, 0.1) is 6.92 Å². The zero-order valence-corrected chi connectivity index (χ0v) is 12.4. The van der Waals surface area contributed by atoms with Gasteiger partial charge in [-0.15, -0.1) is 11.8 Å². The van der Waals surface area contributed by atoms with Gasteiger partial charge in [-0.1, -0.05) is 11.6 Å². The number of hydrogen-bond donors (Lipinski definition) is 2. The van der Waals surface area contributed by atoms with Crippen LogP contribution in [0.5, 0.6) is 0 Å². The number of nitrogens with one attached hydrogen (secondary N) is 1. The summed E-state index contributed by atoms with van der Waals surface area (Å²) in [4.78, 5) is 26.9. The first-order chi connectivity index (χ1) is 9.45. The van der Waals surface area contributed by atoms with Crippen LogP contribution in [-0.2, 0) is 0 Å². The van der Waals surface area contributed by atoms with Gasteiger partial charge in [0.1, 0.15) is 11.4 Å². The Kier molecular flexibility index (Phi) is 4.20. The molecule has 0 saturated carbocycles. The number of aromatic amines is 1. The summed E-state index contributed by atoms with van der Waals surface area (Å²) in [5, 5.41) is 9.66. The van der Waals surface area contributed by atoms with E-state index in [9.17, 15) is 9.59 Å². The number of thioether (sulfide) groups is 1. The maximum absolute atomic E-state index is 12.4.